The third-order valence-corrected chi connectivity index (χ3v) is 5.96. The SMILES string of the molecule is N#Cc1cc(F)cc(C(=O)N2C[C@H]3C[C@@H](Oc4cccc(Cl)c4)[C@H](O)C[C@H]3C2)c1. The van der Waals surface area contributed by atoms with Crippen LogP contribution in [-0.4, -0.2) is 41.2 Å². The summed E-state index contributed by atoms with van der Waals surface area (Å²) in [6, 6.07) is 12.6. The molecule has 1 aliphatic heterocycles. The Morgan fingerprint density at radius 3 is 2.69 bits per heavy atom. The summed E-state index contributed by atoms with van der Waals surface area (Å²) in [6.45, 7) is 1.02. The molecule has 1 heterocycles. The number of carbonyl (C=O) groups excluding carboxylic acids is 1. The van der Waals surface area contributed by atoms with Crippen LogP contribution in [-0.2, 0) is 0 Å². The van der Waals surface area contributed by atoms with Crippen molar-refractivity contribution in [2.75, 3.05) is 13.1 Å². The van der Waals surface area contributed by atoms with Gasteiger partial charge in [-0.3, -0.25) is 4.79 Å². The van der Waals surface area contributed by atoms with E-state index in [1.54, 1.807) is 29.2 Å². The molecule has 1 aliphatic carbocycles. The Morgan fingerprint density at radius 1 is 1.21 bits per heavy atom. The maximum atomic E-state index is 13.7. The van der Waals surface area contributed by atoms with Gasteiger partial charge < -0.3 is 14.7 Å². The summed E-state index contributed by atoms with van der Waals surface area (Å²) in [5.41, 5.74) is 0.294. The minimum absolute atomic E-state index is 0.121. The number of hydrogen-bond donors (Lipinski definition) is 1. The molecule has 0 spiro atoms. The number of ether oxygens (including phenoxy) is 1. The molecule has 1 saturated carbocycles. The van der Waals surface area contributed by atoms with Crippen LogP contribution in [0.25, 0.3) is 0 Å². The van der Waals surface area contributed by atoms with Crippen LogP contribution in [0.5, 0.6) is 5.75 Å². The number of hydrogen-bond acceptors (Lipinski definition) is 4. The van der Waals surface area contributed by atoms with E-state index in [0.717, 1.165) is 12.1 Å². The number of nitriles is 1. The van der Waals surface area contributed by atoms with Crippen molar-refractivity contribution in [1.82, 2.24) is 4.90 Å². The molecular weight excluding hydrogens is 395 g/mol. The largest absolute Gasteiger partial charge is 0.488 e. The average Bonchev–Trinajstić information content (AvgIpc) is 3.09. The van der Waals surface area contributed by atoms with Crippen LogP contribution in [0.15, 0.2) is 42.5 Å². The lowest BCUT2D eigenvalue weighted by atomic mass is 9.78. The van der Waals surface area contributed by atoms with E-state index < -0.39 is 11.9 Å². The van der Waals surface area contributed by atoms with Crippen molar-refractivity contribution in [3.8, 4) is 11.8 Å². The van der Waals surface area contributed by atoms with Gasteiger partial charge in [-0.1, -0.05) is 17.7 Å². The summed E-state index contributed by atoms with van der Waals surface area (Å²) in [4.78, 5) is 14.5. The van der Waals surface area contributed by atoms with Gasteiger partial charge in [0.05, 0.1) is 17.7 Å². The van der Waals surface area contributed by atoms with Crippen molar-refractivity contribution in [2.24, 2.45) is 11.8 Å². The van der Waals surface area contributed by atoms with E-state index in [-0.39, 0.29) is 35.0 Å². The van der Waals surface area contributed by atoms with Crippen LogP contribution >= 0.6 is 11.6 Å². The molecule has 0 aromatic heterocycles. The molecule has 1 saturated heterocycles. The molecule has 0 unspecified atom stereocenters. The molecule has 5 nitrogen and oxygen atoms in total. The Labute approximate surface area is 173 Å². The second-order valence-electron chi connectivity index (χ2n) is 7.72. The standard InChI is InChI=1S/C22H20ClFN2O3/c23-17-2-1-3-19(9-17)29-21-8-16-12-26(11-15(16)7-20(21)27)22(28)14-4-13(10-25)5-18(24)6-14/h1-6,9,15-16,20-21,27H,7-8,11-12H2/t15-,16+,20+,21+/m0/s1. The number of fused-ring (bicyclic) bond motifs is 1. The third-order valence-electron chi connectivity index (χ3n) is 5.73. The second kappa shape index (κ2) is 8.02. The van der Waals surface area contributed by atoms with E-state index in [1.165, 1.54) is 6.07 Å². The number of nitrogens with zero attached hydrogens (tertiary/aromatic N) is 2. The minimum Gasteiger partial charge on any atom is -0.488 e. The summed E-state index contributed by atoms with van der Waals surface area (Å²) in [5.74, 6) is 0.0639. The molecule has 2 aliphatic rings. The van der Waals surface area contributed by atoms with Crippen LogP contribution < -0.4 is 4.74 Å². The summed E-state index contributed by atoms with van der Waals surface area (Å²) in [5, 5.41) is 20.1. The lowest BCUT2D eigenvalue weighted by Gasteiger charge is -2.35. The van der Waals surface area contributed by atoms with Crippen LogP contribution in [0.4, 0.5) is 4.39 Å². The zero-order valence-electron chi connectivity index (χ0n) is 15.6. The second-order valence-corrected chi connectivity index (χ2v) is 8.16. The first kappa shape index (κ1) is 19.7. The normalized spacial score (nSPS) is 25.9. The molecule has 2 aromatic rings. The lowest BCUT2D eigenvalue weighted by Crippen LogP contribution is -2.42. The fourth-order valence-corrected chi connectivity index (χ4v) is 4.54. The molecule has 150 valence electrons. The van der Waals surface area contributed by atoms with Gasteiger partial charge in [-0.2, -0.15) is 5.26 Å². The Kier molecular flexibility index (Phi) is 5.44. The predicted octanol–water partition coefficient (Wildman–Crippen LogP) is 3.64. The first-order chi connectivity index (χ1) is 13.9. The molecule has 1 amide bonds. The smallest absolute Gasteiger partial charge is 0.254 e. The highest BCUT2D eigenvalue weighted by Gasteiger charge is 2.44. The van der Waals surface area contributed by atoms with E-state index in [0.29, 0.717) is 36.7 Å². The highest BCUT2D eigenvalue weighted by atomic mass is 35.5. The van der Waals surface area contributed by atoms with Gasteiger partial charge in [0, 0.05) is 23.7 Å². The topological polar surface area (TPSA) is 73.6 Å². The minimum atomic E-state index is -0.635. The van der Waals surface area contributed by atoms with Crippen molar-refractivity contribution in [2.45, 2.75) is 25.0 Å². The monoisotopic (exact) mass is 414 g/mol. The first-order valence-electron chi connectivity index (χ1n) is 9.53. The Balaban J connectivity index is 1.45. The van der Waals surface area contributed by atoms with Gasteiger partial charge in [0.25, 0.3) is 5.91 Å². The number of carbonyl (C=O) groups is 1. The molecule has 4 atom stereocenters. The summed E-state index contributed by atoms with van der Waals surface area (Å²) < 4.78 is 19.7. The van der Waals surface area contributed by atoms with E-state index in [1.807, 2.05) is 6.07 Å². The van der Waals surface area contributed by atoms with Gasteiger partial charge in [-0.25, -0.2) is 4.39 Å². The van der Waals surface area contributed by atoms with E-state index in [4.69, 9.17) is 21.6 Å². The lowest BCUT2D eigenvalue weighted by molar-refractivity contribution is -0.0231. The van der Waals surface area contributed by atoms with Crippen molar-refractivity contribution >= 4 is 17.5 Å². The van der Waals surface area contributed by atoms with Gasteiger partial charge in [-0.15, -0.1) is 0 Å². The molecule has 0 bridgehead atoms. The van der Waals surface area contributed by atoms with Crippen molar-refractivity contribution in [3.63, 3.8) is 0 Å². The van der Waals surface area contributed by atoms with Crippen molar-refractivity contribution in [1.29, 1.82) is 5.26 Å². The fraction of sp³-hybridized carbons (Fsp3) is 0.364. The number of rotatable bonds is 3. The van der Waals surface area contributed by atoms with Gasteiger partial charge >= 0.3 is 0 Å². The van der Waals surface area contributed by atoms with Crippen LogP contribution in [0.2, 0.25) is 5.02 Å². The highest BCUT2D eigenvalue weighted by molar-refractivity contribution is 6.30. The fourth-order valence-electron chi connectivity index (χ4n) is 4.36. The maximum absolute atomic E-state index is 13.7. The summed E-state index contributed by atoms with van der Waals surface area (Å²) >= 11 is 6.00. The van der Waals surface area contributed by atoms with Crippen molar-refractivity contribution < 1.29 is 19.0 Å². The van der Waals surface area contributed by atoms with Crippen LogP contribution in [0.1, 0.15) is 28.8 Å². The average molecular weight is 415 g/mol. The van der Waals surface area contributed by atoms with Crippen LogP contribution in [0.3, 0.4) is 0 Å². The van der Waals surface area contributed by atoms with E-state index in [2.05, 4.69) is 0 Å². The third kappa shape index (κ3) is 4.21. The molecule has 7 heteroatoms. The molecule has 1 N–H and O–H groups in total. The molecule has 2 aromatic carbocycles. The molecule has 2 fully saturated rings. The number of halogens is 2. The quantitative estimate of drug-likeness (QED) is 0.832. The number of aliphatic hydroxyl groups excluding tert-OH is 1. The van der Waals surface area contributed by atoms with E-state index in [9.17, 15) is 14.3 Å². The number of benzene rings is 2. The molecule has 0 radical (unpaired) electrons. The van der Waals surface area contributed by atoms with E-state index >= 15 is 0 Å². The zero-order valence-corrected chi connectivity index (χ0v) is 16.3. The maximum Gasteiger partial charge on any atom is 0.254 e. The van der Waals surface area contributed by atoms with Gasteiger partial charge in [0.15, 0.2) is 0 Å². The number of amides is 1. The Morgan fingerprint density at radius 2 is 1.97 bits per heavy atom. The Bertz CT molecular complexity index is 977. The first-order valence-corrected chi connectivity index (χ1v) is 9.91. The van der Waals surface area contributed by atoms with Crippen molar-refractivity contribution in [3.05, 3.63) is 64.4 Å². The van der Waals surface area contributed by atoms with Gasteiger partial charge in [-0.05, 0) is 61.1 Å². The van der Waals surface area contributed by atoms with Gasteiger partial charge in [0.2, 0.25) is 0 Å². The zero-order chi connectivity index (χ0) is 20.5. The number of likely N-dealkylation sites (tertiary alicyclic amines) is 1. The molecule has 29 heavy (non-hydrogen) atoms. The molecule has 4 rings (SSSR count). The summed E-state index contributed by atoms with van der Waals surface area (Å²) in [7, 11) is 0. The highest BCUT2D eigenvalue weighted by Crippen LogP contribution is 2.38. The summed E-state index contributed by atoms with van der Waals surface area (Å²) in [6.07, 6.45) is 0.148. The molecular formula is C22H20ClFN2O3. The van der Waals surface area contributed by atoms with Gasteiger partial charge in [0.1, 0.15) is 17.7 Å². The Hall–Kier alpha value is -2.62. The predicted molar refractivity (Wildman–Crippen MR) is 105 cm³/mol. The number of aliphatic hydroxyl groups is 1. The van der Waals surface area contributed by atoms with Crippen LogP contribution in [0, 0.1) is 29.0 Å².